The monoisotopic (exact) mass is 186 g/mol. The minimum atomic E-state index is -0.263. The molecule has 0 aliphatic carbocycles. The van der Waals surface area contributed by atoms with E-state index >= 15 is 0 Å². The molecule has 0 N–H and O–H groups in total. The van der Waals surface area contributed by atoms with Crippen LogP contribution in [-0.2, 0) is 14.3 Å². The molecule has 1 saturated heterocycles. The van der Waals surface area contributed by atoms with Gasteiger partial charge in [-0.25, -0.2) is 0 Å². The Morgan fingerprint density at radius 1 is 1.69 bits per heavy atom. The molecule has 0 aromatic carbocycles. The molecule has 0 aromatic rings. The molecule has 3 heteroatoms. The smallest absolute Gasteiger partial charge is 0.161 e. The summed E-state index contributed by atoms with van der Waals surface area (Å²) < 4.78 is 10.4. The van der Waals surface area contributed by atoms with E-state index < -0.39 is 0 Å². The standard InChI is InChI=1S/C10H18O3/c1-8(12-2)10(11)6-5-9-4-3-7-13-9/h8-9H,3-7H2,1-2H3. The van der Waals surface area contributed by atoms with Crippen LogP contribution in [0.2, 0.25) is 0 Å². The van der Waals surface area contributed by atoms with Crippen LogP contribution in [0.25, 0.3) is 0 Å². The summed E-state index contributed by atoms with van der Waals surface area (Å²) in [5.74, 6) is 0.179. The van der Waals surface area contributed by atoms with Gasteiger partial charge in [0.25, 0.3) is 0 Å². The highest BCUT2D eigenvalue weighted by atomic mass is 16.5. The van der Waals surface area contributed by atoms with Gasteiger partial charge in [0, 0.05) is 20.1 Å². The second-order valence-electron chi connectivity index (χ2n) is 3.52. The summed E-state index contributed by atoms with van der Waals surface area (Å²) in [4.78, 5) is 11.4. The molecule has 1 heterocycles. The van der Waals surface area contributed by atoms with Crippen molar-refractivity contribution in [2.24, 2.45) is 0 Å². The number of carbonyl (C=O) groups is 1. The van der Waals surface area contributed by atoms with E-state index in [4.69, 9.17) is 9.47 Å². The number of carbonyl (C=O) groups excluding carboxylic acids is 1. The highest BCUT2D eigenvalue weighted by molar-refractivity contribution is 5.82. The fraction of sp³-hybridized carbons (Fsp3) is 0.900. The molecule has 76 valence electrons. The van der Waals surface area contributed by atoms with Crippen molar-refractivity contribution in [1.29, 1.82) is 0 Å². The van der Waals surface area contributed by atoms with Crippen LogP contribution in [0.4, 0.5) is 0 Å². The van der Waals surface area contributed by atoms with Crippen molar-refractivity contribution in [1.82, 2.24) is 0 Å². The lowest BCUT2D eigenvalue weighted by Crippen LogP contribution is -2.20. The number of rotatable bonds is 5. The molecule has 2 unspecified atom stereocenters. The van der Waals surface area contributed by atoms with Crippen LogP contribution < -0.4 is 0 Å². The van der Waals surface area contributed by atoms with Crippen molar-refractivity contribution in [3.63, 3.8) is 0 Å². The Labute approximate surface area is 79.4 Å². The van der Waals surface area contributed by atoms with Crippen LogP contribution in [0.15, 0.2) is 0 Å². The molecular formula is C10H18O3. The van der Waals surface area contributed by atoms with Gasteiger partial charge in [-0.3, -0.25) is 4.79 Å². The lowest BCUT2D eigenvalue weighted by atomic mass is 10.1. The Kier molecular flexibility index (Phi) is 4.39. The molecule has 1 aliphatic heterocycles. The van der Waals surface area contributed by atoms with Crippen LogP contribution >= 0.6 is 0 Å². The van der Waals surface area contributed by atoms with Crippen molar-refractivity contribution in [2.75, 3.05) is 13.7 Å². The third kappa shape index (κ3) is 3.44. The van der Waals surface area contributed by atoms with E-state index in [9.17, 15) is 4.79 Å². The fourth-order valence-electron chi connectivity index (χ4n) is 1.51. The molecule has 13 heavy (non-hydrogen) atoms. The average Bonchev–Trinajstić information content (AvgIpc) is 2.65. The van der Waals surface area contributed by atoms with Crippen molar-refractivity contribution in [3.05, 3.63) is 0 Å². The predicted octanol–water partition coefficient (Wildman–Crippen LogP) is 1.55. The number of ether oxygens (including phenoxy) is 2. The van der Waals surface area contributed by atoms with Gasteiger partial charge >= 0.3 is 0 Å². The van der Waals surface area contributed by atoms with Gasteiger partial charge in [0.2, 0.25) is 0 Å². The third-order valence-electron chi connectivity index (χ3n) is 2.54. The van der Waals surface area contributed by atoms with Crippen molar-refractivity contribution < 1.29 is 14.3 Å². The number of methoxy groups -OCH3 is 1. The van der Waals surface area contributed by atoms with Crippen molar-refractivity contribution >= 4 is 5.78 Å². The largest absolute Gasteiger partial charge is 0.378 e. The second-order valence-corrected chi connectivity index (χ2v) is 3.52. The minimum absolute atomic E-state index is 0.179. The molecule has 0 amide bonds. The quantitative estimate of drug-likeness (QED) is 0.653. The maximum absolute atomic E-state index is 11.4. The maximum Gasteiger partial charge on any atom is 0.161 e. The molecule has 2 atom stereocenters. The summed E-state index contributed by atoms with van der Waals surface area (Å²) in [5, 5.41) is 0. The zero-order valence-corrected chi connectivity index (χ0v) is 8.41. The lowest BCUT2D eigenvalue weighted by Gasteiger charge is -2.11. The van der Waals surface area contributed by atoms with Gasteiger partial charge in [-0.15, -0.1) is 0 Å². The highest BCUT2D eigenvalue weighted by Crippen LogP contribution is 2.17. The molecule has 3 nitrogen and oxygen atoms in total. The fourth-order valence-corrected chi connectivity index (χ4v) is 1.51. The summed E-state index contributed by atoms with van der Waals surface area (Å²) in [7, 11) is 1.56. The molecule has 0 aromatic heterocycles. The van der Waals surface area contributed by atoms with Gasteiger partial charge in [0.05, 0.1) is 6.10 Å². The van der Waals surface area contributed by atoms with Crippen LogP contribution in [0, 0.1) is 0 Å². The molecule has 1 fully saturated rings. The Bertz CT molecular complexity index is 162. The molecule has 0 bridgehead atoms. The van der Waals surface area contributed by atoms with E-state index in [0.29, 0.717) is 12.5 Å². The SMILES string of the molecule is COC(C)C(=O)CCC1CCCO1. The topological polar surface area (TPSA) is 35.5 Å². The minimum Gasteiger partial charge on any atom is -0.378 e. The first-order valence-electron chi connectivity index (χ1n) is 4.91. The molecule has 1 rings (SSSR count). The van der Waals surface area contributed by atoms with Crippen LogP contribution in [0.1, 0.15) is 32.6 Å². The Morgan fingerprint density at radius 2 is 2.46 bits per heavy atom. The second kappa shape index (κ2) is 5.35. The first-order valence-corrected chi connectivity index (χ1v) is 4.91. The average molecular weight is 186 g/mol. The van der Waals surface area contributed by atoms with Crippen LogP contribution in [0.3, 0.4) is 0 Å². The van der Waals surface area contributed by atoms with E-state index in [1.54, 1.807) is 14.0 Å². The lowest BCUT2D eigenvalue weighted by molar-refractivity contribution is -0.128. The molecule has 0 spiro atoms. The van der Waals surface area contributed by atoms with Gasteiger partial charge in [-0.2, -0.15) is 0 Å². The molecular weight excluding hydrogens is 168 g/mol. The van der Waals surface area contributed by atoms with Crippen molar-refractivity contribution in [2.45, 2.75) is 44.8 Å². The Morgan fingerprint density at radius 3 is 3.00 bits per heavy atom. The van der Waals surface area contributed by atoms with Gasteiger partial charge in [-0.1, -0.05) is 0 Å². The van der Waals surface area contributed by atoms with Gasteiger partial charge in [0.15, 0.2) is 5.78 Å². The number of hydrogen-bond donors (Lipinski definition) is 0. The summed E-state index contributed by atoms with van der Waals surface area (Å²) in [6, 6.07) is 0. The van der Waals surface area contributed by atoms with E-state index in [0.717, 1.165) is 25.9 Å². The Hall–Kier alpha value is -0.410. The zero-order chi connectivity index (χ0) is 9.68. The normalized spacial score (nSPS) is 24.6. The summed E-state index contributed by atoms with van der Waals surface area (Å²) >= 11 is 0. The van der Waals surface area contributed by atoms with Gasteiger partial charge in [-0.05, 0) is 26.2 Å². The number of ketones is 1. The summed E-state index contributed by atoms with van der Waals surface area (Å²) in [6.45, 7) is 2.65. The van der Waals surface area contributed by atoms with E-state index in [2.05, 4.69) is 0 Å². The van der Waals surface area contributed by atoms with Crippen LogP contribution in [0.5, 0.6) is 0 Å². The third-order valence-corrected chi connectivity index (χ3v) is 2.54. The van der Waals surface area contributed by atoms with Crippen LogP contribution in [-0.4, -0.2) is 31.7 Å². The first kappa shape index (κ1) is 10.7. The highest BCUT2D eigenvalue weighted by Gasteiger charge is 2.18. The van der Waals surface area contributed by atoms with Gasteiger partial charge in [0.1, 0.15) is 6.10 Å². The molecule has 1 aliphatic rings. The predicted molar refractivity (Wildman–Crippen MR) is 49.7 cm³/mol. The van der Waals surface area contributed by atoms with E-state index in [-0.39, 0.29) is 11.9 Å². The van der Waals surface area contributed by atoms with Crippen molar-refractivity contribution in [3.8, 4) is 0 Å². The summed E-state index contributed by atoms with van der Waals surface area (Å²) in [6.07, 6.45) is 3.73. The number of Topliss-reactive ketones (excluding diaryl/α,β-unsaturated/α-hetero) is 1. The Balaban J connectivity index is 2.13. The first-order chi connectivity index (χ1) is 6.24. The van der Waals surface area contributed by atoms with E-state index in [1.807, 2.05) is 0 Å². The zero-order valence-electron chi connectivity index (χ0n) is 8.41. The molecule has 0 radical (unpaired) electrons. The number of hydrogen-bond acceptors (Lipinski definition) is 3. The maximum atomic E-state index is 11.4. The molecule has 0 saturated carbocycles. The summed E-state index contributed by atoms with van der Waals surface area (Å²) in [5.41, 5.74) is 0. The van der Waals surface area contributed by atoms with E-state index in [1.165, 1.54) is 0 Å². The van der Waals surface area contributed by atoms with Gasteiger partial charge < -0.3 is 9.47 Å².